The van der Waals surface area contributed by atoms with E-state index in [0.29, 0.717) is 23.1 Å². The first-order chi connectivity index (χ1) is 8.60. The van der Waals surface area contributed by atoms with E-state index in [1.165, 1.54) is 7.11 Å². The summed E-state index contributed by atoms with van der Waals surface area (Å²) >= 11 is 5.77. The standard InChI is InChI=1S/C11H12ClN3O3/c1-18-9(16)5-3-7-11(17)14-6-2-4-8(12)15-10(6)13-7/h2,4,7H,3,5H2,1H3,(H,13,15)(H,14,17)/t7-/m0/s1. The van der Waals surface area contributed by atoms with Crippen LogP contribution in [0.25, 0.3) is 0 Å². The molecular formula is C11H12ClN3O3. The average molecular weight is 270 g/mol. The van der Waals surface area contributed by atoms with E-state index in [4.69, 9.17) is 11.6 Å². The van der Waals surface area contributed by atoms with E-state index < -0.39 is 6.04 Å². The van der Waals surface area contributed by atoms with Crippen molar-refractivity contribution >= 4 is 35.0 Å². The van der Waals surface area contributed by atoms with Crippen LogP contribution in [-0.4, -0.2) is 30.0 Å². The quantitative estimate of drug-likeness (QED) is 0.641. The van der Waals surface area contributed by atoms with Gasteiger partial charge in [-0.3, -0.25) is 9.59 Å². The molecule has 0 aromatic carbocycles. The molecule has 0 aliphatic carbocycles. The lowest BCUT2D eigenvalue weighted by atomic mass is 10.1. The van der Waals surface area contributed by atoms with Gasteiger partial charge in [0, 0.05) is 6.42 Å². The summed E-state index contributed by atoms with van der Waals surface area (Å²) in [5, 5.41) is 5.99. The van der Waals surface area contributed by atoms with E-state index in [0.717, 1.165) is 0 Å². The van der Waals surface area contributed by atoms with Crippen molar-refractivity contribution in [1.82, 2.24) is 4.98 Å². The number of fused-ring (bicyclic) bond motifs is 1. The second-order valence-corrected chi connectivity index (χ2v) is 4.22. The van der Waals surface area contributed by atoms with Crippen LogP contribution >= 0.6 is 11.6 Å². The molecule has 7 heteroatoms. The molecule has 2 rings (SSSR count). The maximum Gasteiger partial charge on any atom is 0.305 e. The molecule has 1 atom stereocenters. The number of carbonyl (C=O) groups excluding carboxylic acids is 2. The second kappa shape index (κ2) is 5.22. The van der Waals surface area contributed by atoms with E-state index >= 15 is 0 Å². The van der Waals surface area contributed by atoms with Gasteiger partial charge in [-0.05, 0) is 18.6 Å². The number of methoxy groups -OCH3 is 1. The largest absolute Gasteiger partial charge is 0.469 e. The van der Waals surface area contributed by atoms with Crippen LogP contribution in [0.15, 0.2) is 12.1 Å². The number of nitrogens with one attached hydrogen (secondary N) is 2. The Morgan fingerprint density at radius 2 is 2.33 bits per heavy atom. The van der Waals surface area contributed by atoms with Crippen molar-refractivity contribution in [2.24, 2.45) is 0 Å². The van der Waals surface area contributed by atoms with Crippen molar-refractivity contribution in [1.29, 1.82) is 0 Å². The molecule has 1 amide bonds. The molecule has 0 fully saturated rings. The number of carbonyl (C=O) groups is 2. The molecule has 2 heterocycles. The topological polar surface area (TPSA) is 80.3 Å². The van der Waals surface area contributed by atoms with E-state index in [1.807, 2.05) is 0 Å². The summed E-state index contributed by atoms with van der Waals surface area (Å²) in [6.45, 7) is 0. The smallest absolute Gasteiger partial charge is 0.305 e. The molecule has 0 bridgehead atoms. The van der Waals surface area contributed by atoms with Gasteiger partial charge in [-0.1, -0.05) is 11.6 Å². The van der Waals surface area contributed by atoms with Crippen molar-refractivity contribution in [2.45, 2.75) is 18.9 Å². The fraction of sp³-hybridized carbons (Fsp3) is 0.364. The molecule has 0 spiro atoms. The Labute approximate surface area is 109 Å². The Balaban J connectivity index is 2.07. The summed E-state index contributed by atoms with van der Waals surface area (Å²) in [4.78, 5) is 26.9. The Morgan fingerprint density at radius 3 is 3.06 bits per heavy atom. The molecule has 0 saturated heterocycles. The maximum atomic E-state index is 11.8. The fourth-order valence-electron chi connectivity index (χ4n) is 1.66. The highest BCUT2D eigenvalue weighted by Gasteiger charge is 2.26. The normalized spacial score (nSPS) is 17.4. The van der Waals surface area contributed by atoms with Gasteiger partial charge in [0.2, 0.25) is 5.91 Å². The predicted octanol–water partition coefficient (Wildman–Crippen LogP) is 1.42. The molecule has 2 N–H and O–H groups in total. The van der Waals surface area contributed by atoms with Gasteiger partial charge in [-0.25, -0.2) is 4.98 Å². The second-order valence-electron chi connectivity index (χ2n) is 3.83. The Hall–Kier alpha value is -1.82. The van der Waals surface area contributed by atoms with Crippen molar-refractivity contribution < 1.29 is 14.3 Å². The van der Waals surface area contributed by atoms with Gasteiger partial charge in [0.25, 0.3) is 0 Å². The summed E-state index contributed by atoms with van der Waals surface area (Å²) < 4.78 is 4.53. The number of amides is 1. The zero-order valence-corrected chi connectivity index (χ0v) is 10.5. The van der Waals surface area contributed by atoms with E-state index in [9.17, 15) is 9.59 Å². The predicted molar refractivity (Wildman–Crippen MR) is 66.5 cm³/mol. The Morgan fingerprint density at radius 1 is 1.56 bits per heavy atom. The molecule has 6 nitrogen and oxygen atoms in total. The lowest BCUT2D eigenvalue weighted by Crippen LogP contribution is -2.39. The minimum atomic E-state index is -0.512. The van der Waals surface area contributed by atoms with Gasteiger partial charge < -0.3 is 15.4 Å². The first-order valence-electron chi connectivity index (χ1n) is 5.41. The van der Waals surface area contributed by atoms with E-state index in [2.05, 4.69) is 20.4 Å². The summed E-state index contributed by atoms with van der Waals surface area (Å²) in [5.74, 6) is -0.0399. The van der Waals surface area contributed by atoms with Gasteiger partial charge in [0.05, 0.1) is 12.8 Å². The van der Waals surface area contributed by atoms with E-state index in [1.54, 1.807) is 12.1 Å². The number of hydrogen-bond donors (Lipinski definition) is 2. The number of ether oxygens (including phenoxy) is 1. The average Bonchev–Trinajstić information content (AvgIpc) is 2.36. The third-order valence-corrected chi connectivity index (χ3v) is 2.82. The molecule has 0 saturated carbocycles. The van der Waals surface area contributed by atoms with Crippen LogP contribution in [0.5, 0.6) is 0 Å². The number of hydrogen-bond acceptors (Lipinski definition) is 5. The van der Waals surface area contributed by atoms with Crippen molar-refractivity contribution in [3.05, 3.63) is 17.3 Å². The summed E-state index contributed by atoms with van der Waals surface area (Å²) in [6, 6.07) is 2.76. The Bertz CT molecular complexity index is 492. The Kier molecular flexibility index (Phi) is 3.66. The lowest BCUT2D eigenvalue weighted by molar-refractivity contribution is -0.140. The van der Waals surface area contributed by atoms with Crippen LogP contribution < -0.4 is 10.6 Å². The molecule has 0 radical (unpaired) electrons. The first-order valence-corrected chi connectivity index (χ1v) is 5.78. The number of pyridine rings is 1. The molecule has 96 valence electrons. The SMILES string of the molecule is COC(=O)CC[C@@H]1Nc2nc(Cl)ccc2NC1=O. The molecule has 1 aliphatic heterocycles. The molecule has 0 unspecified atom stereocenters. The molecular weight excluding hydrogens is 258 g/mol. The monoisotopic (exact) mass is 269 g/mol. The maximum absolute atomic E-state index is 11.8. The summed E-state index contributed by atoms with van der Waals surface area (Å²) in [5.41, 5.74) is 0.582. The minimum Gasteiger partial charge on any atom is -0.469 e. The van der Waals surface area contributed by atoms with Gasteiger partial charge in [0.1, 0.15) is 11.2 Å². The van der Waals surface area contributed by atoms with Crippen LogP contribution in [0, 0.1) is 0 Å². The zero-order valence-electron chi connectivity index (χ0n) is 9.70. The number of halogens is 1. The molecule has 18 heavy (non-hydrogen) atoms. The van der Waals surface area contributed by atoms with Crippen LogP contribution in [-0.2, 0) is 14.3 Å². The third-order valence-electron chi connectivity index (χ3n) is 2.61. The molecule has 1 aliphatic rings. The van der Waals surface area contributed by atoms with Crippen molar-refractivity contribution in [3.63, 3.8) is 0 Å². The number of esters is 1. The van der Waals surface area contributed by atoms with Gasteiger partial charge in [0.15, 0.2) is 5.82 Å². The van der Waals surface area contributed by atoms with Crippen molar-refractivity contribution in [3.8, 4) is 0 Å². The number of aromatic nitrogens is 1. The molecule has 1 aromatic heterocycles. The highest BCUT2D eigenvalue weighted by atomic mass is 35.5. The van der Waals surface area contributed by atoms with Crippen LogP contribution in [0.3, 0.4) is 0 Å². The molecule has 1 aromatic rings. The lowest BCUT2D eigenvalue weighted by Gasteiger charge is -2.25. The number of nitrogens with zero attached hydrogens (tertiary/aromatic N) is 1. The van der Waals surface area contributed by atoms with Crippen LogP contribution in [0.4, 0.5) is 11.5 Å². The highest BCUT2D eigenvalue weighted by molar-refractivity contribution is 6.29. The summed E-state index contributed by atoms with van der Waals surface area (Å²) in [6.07, 6.45) is 0.504. The highest BCUT2D eigenvalue weighted by Crippen LogP contribution is 2.27. The van der Waals surface area contributed by atoms with Crippen LogP contribution in [0.1, 0.15) is 12.8 Å². The number of rotatable bonds is 3. The van der Waals surface area contributed by atoms with Gasteiger partial charge >= 0.3 is 5.97 Å². The van der Waals surface area contributed by atoms with E-state index in [-0.39, 0.29) is 18.3 Å². The zero-order chi connectivity index (χ0) is 13.1. The first kappa shape index (κ1) is 12.6. The van der Waals surface area contributed by atoms with Crippen molar-refractivity contribution in [2.75, 3.05) is 17.7 Å². The summed E-state index contributed by atoms with van der Waals surface area (Å²) in [7, 11) is 1.31. The van der Waals surface area contributed by atoms with Gasteiger partial charge in [-0.15, -0.1) is 0 Å². The van der Waals surface area contributed by atoms with Gasteiger partial charge in [-0.2, -0.15) is 0 Å². The fourth-order valence-corrected chi connectivity index (χ4v) is 1.81. The number of anilines is 2. The van der Waals surface area contributed by atoms with Crippen LogP contribution in [0.2, 0.25) is 5.15 Å². The minimum absolute atomic E-state index is 0.164. The third kappa shape index (κ3) is 2.70.